The molecule has 1 aliphatic rings. The zero-order valence-electron chi connectivity index (χ0n) is 9.56. The molecular weight excluding hydrogens is 223 g/mol. The second kappa shape index (κ2) is 5.33. The summed E-state index contributed by atoms with van der Waals surface area (Å²) in [6.45, 7) is 3.93. The van der Waals surface area contributed by atoms with Crippen LogP contribution in [0.3, 0.4) is 0 Å². The zero-order valence-corrected chi connectivity index (χ0v) is 9.56. The van der Waals surface area contributed by atoms with E-state index >= 15 is 0 Å². The molecule has 0 aliphatic carbocycles. The third-order valence-electron chi connectivity index (χ3n) is 2.93. The van der Waals surface area contributed by atoms with Gasteiger partial charge in [0.05, 0.1) is 12.7 Å². The SMILES string of the molecule is CC1OCCC1(C)NCCOCC(F)(F)F. The molecule has 1 N–H and O–H groups in total. The van der Waals surface area contributed by atoms with E-state index in [-0.39, 0.29) is 18.2 Å². The molecule has 0 aromatic heterocycles. The molecule has 1 saturated heterocycles. The molecule has 1 aliphatic heterocycles. The van der Waals surface area contributed by atoms with Crippen molar-refractivity contribution in [3.05, 3.63) is 0 Å². The highest BCUT2D eigenvalue weighted by atomic mass is 19.4. The lowest BCUT2D eigenvalue weighted by molar-refractivity contribution is -0.173. The average Bonchev–Trinajstić information content (AvgIpc) is 2.45. The van der Waals surface area contributed by atoms with E-state index in [4.69, 9.17) is 4.74 Å². The summed E-state index contributed by atoms with van der Waals surface area (Å²) >= 11 is 0. The quantitative estimate of drug-likeness (QED) is 0.743. The Bertz CT molecular complexity index is 223. The fraction of sp³-hybridized carbons (Fsp3) is 1.00. The van der Waals surface area contributed by atoms with E-state index in [0.29, 0.717) is 13.2 Å². The van der Waals surface area contributed by atoms with Crippen molar-refractivity contribution in [3.8, 4) is 0 Å². The highest BCUT2D eigenvalue weighted by Gasteiger charge is 2.36. The largest absolute Gasteiger partial charge is 0.411 e. The molecule has 0 spiro atoms. The minimum Gasteiger partial charge on any atom is -0.377 e. The molecule has 6 heteroatoms. The Hall–Kier alpha value is -0.330. The third-order valence-corrected chi connectivity index (χ3v) is 2.93. The van der Waals surface area contributed by atoms with Crippen molar-refractivity contribution in [2.75, 3.05) is 26.4 Å². The molecule has 0 bridgehead atoms. The van der Waals surface area contributed by atoms with Crippen molar-refractivity contribution >= 4 is 0 Å². The van der Waals surface area contributed by atoms with Gasteiger partial charge in [-0.15, -0.1) is 0 Å². The van der Waals surface area contributed by atoms with Crippen LogP contribution in [0, 0.1) is 0 Å². The van der Waals surface area contributed by atoms with E-state index in [0.717, 1.165) is 6.42 Å². The predicted molar refractivity (Wildman–Crippen MR) is 53.3 cm³/mol. The summed E-state index contributed by atoms with van der Waals surface area (Å²) in [6, 6.07) is 0. The highest BCUT2D eigenvalue weighted by molar-refractivity contribution is 4.93. The Balaban J connectivity index is 2.11. The highest BCUT2D eigenvalue weighted by Crippen LogP contribution is 2.24. The first kappa shape index (κ1) is 13.7. The maximum atomic E-state index is 11.8. The van der Waals surface area contributed by atoms with Crippen LogP contribution in [-0.4, -0.2) is 44.2 Å². The smallest absolute Gasteiger partial charge is 0.377 e. The Morgan fingerprint density at radius 2 is 2.19 bits per heavy atom. The monoisotopic (exact) mass is 241 g/mol. The maximum Gasteiger partial charge on any atom is 0.411 e. The second-order valence-corrected chi connectivity index (χ2v) is 4.28. The van der Waals surface area contributed by atoms with Crippen LogP contribution in [0.2, 0.25) is 0 Å². The maximum absolute atomic E-state index is 11.8. The van der Waals surface area contributed by atoms with Crippen LogP contribution >= 0.6 is 0 Å². The number of rotatable bonds is 5. The summed E-state index contributed by atoms with van der Waals surface area (Å²) in [5, 5.41) is 3.18. The number of nitrogens with one attached hydrogen (secondary N) is 1. The third kappa shape index (κ3) is 4.27. The molecule has 0 amide bonds. The van der Waals surface area contributed by atoms with Crippen molar-refractivity contribution in [2.24, 2.45) is 0 Å². The molecule has 1 heterocycles. The van der Waals surface area contributed by atoms with Crippen LogP contribution in [0.15, 0.2) is 0 Å². The van der Waals surface area contributed by atoms with Gasteiger partial charge in [0.15, 0.2) is 0 Å². The molecule has 0 saturated carbocycles. The van der Waals surface area contributed by atoms with Crippen LogP contribution in [0.25, 0.3) is 0 Å². The molecule has 2 unspecified atom stereocenters. The van der Waals surface area contributed by atoms with Gasteiger partial charge in [0.2, 0.25) is 0 Å². The fourth-order valence-corrected chi connectivity index (χ4v) is 1.66. The topological polar surface area (TPSA) is 30.5 Å². The molecular formula is C10H18F3NO2. The lowest BCUT2D eigenvalue weighted by atomic mass is 9.95. The lowest BCUT2D eigenvalue weighted by Crippen LogP contribution is -2.49. The van der Waals surface area contributed by atoms with Crippen LogP contribution in [0.1, 0.15) is 20.3 Å². The van der Waals surface area contributed by atoms with Crippen LogP contribution < -0.4 is 5.32 Å². The molecule has 0 radical (unpaired) electrons. The number of alkyl halides is 3. The molecule has 96 valence electrons. The summed E-state index contributed by atoms with van der Waals surface area (Å²) in [4.78, 5) is 0. The Labute approximate surface area is 93.3 Å². The number of ether oxygens (including phenoxy) is 2. The van der Waals surface area contributed by atoms with Crippen LogP contribution in [-0.2, 0) is 9.47 Å². The van der Waals surface area contributed by atoms with Gasteiger partial charge in [0, 0.05) is 18.7 Å². The zero-order chi connectivity index (χ0) is 12.2. The van der Waals surface area contributed by atoms with Gasteiger partial charge in [-0.2, -0.15) is 13.2 Å². The second-order valence-electron chi connectivity index (χ2n) is 4.28. The van der Waals surface area contributed by atoms with Gasteiger partial charge >= 0.3 is 6.18 Å². The number of hydrogen-bond donors (Lipinski definition) is 1. The van der Waals surface area contributed by atoms with Gasteiger partial charge in [-0.05, 0) is 20.3 Å². The minimum atomic E-state index is -4.24. The van der Waals surface area contributed by atoms with Gasteiger partial charge < -0.3 is 14.8 Å². The predicted octanol–water partition coefficient (Wildman–Crippen LogP) is 1.72. The molecule has 1 rings (SSSR count). The van der Waals surface area contributed by atoms with Crippen molar-refractivity contribution in [1.29, 1.82) is 0 Å². The standard InChI is InChI=1S/C10H18F3NO2/c1-8-9(2,3-5-16-8)14-4-6-15-7-10(11,12)13/h8,14H,3-7H2,1-2H3. The summed E-state index contributed by atoms with van der Waals surface area (Å²) in [5.41, 5.74) is -0.151. The first-order chi connectivity index (χ1) is 7.33. The van der Waals surface area contributed by atoms with E-state index in [9.17, 15) is 13.2 Å². The van der Waals surface area contributed by atoms with Gasteiger partial charge in [-0.3, -0.25) is 0 Å². The Morgan fingerprint density at radius 1 is 1.50 bits per heavy atom. The van der Waals surface area contributed by atoms with E-state index in [1.807, 2.05) is 13.8 Å². The van der Waals surface area contributed by atoms with Crippen molar-refractivity contribution in [1.82, 2.24) is 5.32 Å². The number of halogens is 3. The first-order valence-corrected chi connectivity index (χ1v) is 5.35. The number of hydrogen-bond acceptors (Lipinski definition) is 3. The normalized spacial score (nSPS) is 30.9. The van der Waals surface area contributed by atoms with E-state index in [2.05, 4.69) is 10.1 Å². The molecule has 1 fully saturated rings. The van der Waals surface area contributed by atoms with Crippen LogP contribution in [0.5, 0.6) is 0 Å². The van der Waals surface area contributed by atoms with E-state index in [1.54, 1.807) is 0 Å². The average molecular weight is 241 g/mol. The van der Waals surface area contributed by atoms with Gasteiger partial charge in [0.1, 0.15) is 6.61 Å². The molecule has 3 nitrogen and oxygen atoms in total. The fourth-order valence-electron chi connectivity index (χ4n) is 1.66. The summed E-state index contributed by atoms with van der Waals surface area (Å²) in [6.07, 6.45) is -3.30. The summed E-state index contributed by atoms with van der Waals surface area (Å²) in [7, 11) is 0. The molecule has 0 aromatic carbocycles. The minimum absolute atomic E-state index is 0.0574. The lowest BCUT2D eigenvalue weighted by Gasteiger charge is -2.29. The Kier molecular flexibility index (Phi) is 4.58. The Morgan fingerprint density at radius 3 is 2.69 bits per heavy atom. The van der Waals surface area contributed by atoms with Crippen LogP contribution in [0.4, 0.5) is 13.2 Å². The molecule has 0 aromatic rings. The molecule has 16 heavy (non-hydrogen) atoms. The molecule has 2 atom stereocenters. The van der Waals surface area contributed by atoms with Crippen molar-refractivity contribution in [3.63, 3.8) is 0 Å². The van der Waals surface area contributed by atoms with E-state index in [1.165, 1.54) is 0 Å². The van der Waals surface area contributed by atoms with Gasteiger partial charge in [0.25, 0.3) is 0 Å². The summed E-state index contributed by atoms with van der Waals surface area (Å²) < 4.78 is 45.2. The van der Waals surface area contributed by atoms with Gasteiger partial charge in [-0.1, -0.05) is 0 Å². The van der Waals surface area contributed by atoms with E-state index < -0.39 is 12.8 Å². The van der Waals surface area contributed by atoms with Gasteiger partial charge in [-0.25, -0.2) is 0 Å². The van der Waals surface area contributed by atoms with Crippen molar-refractivity contribution < 1.29 is 22.6 Å². The summed E-state index contributed by atoms with van der Waals surface area (Å²) in [5.74, 6) is 0. The van der Waals surface area contributed by atoms with Crippen molar-refractivity contribution in [2.45, 2.75) is 38.1 Å². The first-order valence-electron chi connectivity index (χ1n) is 5.35.